The van der Waals surface area contributed by atoms with Crippen molar-refractivity contribution in [2.75, 3.05) is 13.2 Å². The Balaban J connectivity index is 1.17. The highest BCUT2D eigenvalue weighted by Crippen LogP contribution is 2.44. The summed E-state index contributed by atoms with van der Waals surface area (Å²) in [5.74, 6) is -1.96. The van der Waals surface area contributed by atoms with E-state index in [-0.39, 0.29) is 31.3 Å². The van der Waals surface area contributed by atoms with Crippen molar-refractivity contribution in [2.45, 2.75) is 115 Å². The van der Waals surface area contributed by atoms with Gasteiger partial charge in [-0.25, -0.2) is 0 Å². The predicted molar refractivity (Wildman–Crippen MR) is 157 cm³/mol. The van der Waals surface area contributed by atoms with E-state index in [2.05, 4.69) is 0 Å². The zero-order valence-corrected chi connectivity index (χ0v) is 26.1. The number of carbonyl (C=O) groups excluding carboxylic acids is 1. The highest BCUT2D eigenvalue weighted by atomic mass is 16.9. The Labute approximate surface area is 259 Å². The summed E-state index contributed by atoms with van der Waals surface area (Å²) in [5.41, 5.74) is 2.09. The van der Waals surface area contributed by atoms with Crippen LogP contribution in [0.5, 0.6) is 0 Å². The molecule has 10 heteroatoms. The second-order valence-corrected chi connectivity index (χ2v) is 12.9. The third kappa shape index (κ3) is 7.41. The fraction of sp³-hybridized carbons (Fsp3) is 0.618. The van der Waals surface area contributed by atoms with Crippen molar-refractivity contribution in [3.8, 4) is 0 Å². The van der Waals surface area contributed by atoms with Crippen molar-refractivity contribution in [2.24, 2.45) is 5.92 Å². The third-order valence-electron chi connectivity index (χ3n) is 8.32. The van der Waals surface area contributed by atoms with Gasteiger partial charge >= 0.3 is 0 Å². The summed E-state index contributed by atoms with van der Waals surface area (Å²) < 4.78 is 56.5. The lowest BCUT2D eigenvalue weighted by atomic mass is 9.94. The number of ketones is 1. The molecular formula is C34H44O10. The van der Waals surface area contributed by atoms with Gasteiger partial charge in [0.05, 0.1) is 32.5 Å². The van der Waals surface area contributed by atoms with Crippen molar-refractivity contribution < 1.29 is 47.4 Å². The molecular weight excluding hydrogens is 568 g/mol. The van der Waals surface area contributed by atoms with Crippen LogP contribution < -0.4 is 0 Å². The molecule has 4 saturated heterocycles. The molecule has 0 aliphatic carbocycles. The molecule has 4 aliphatic rings. The summed E-state index contributed by atoms with van der Waals surface area (Å²) >= 11 is 0. The zero-order valence-electron chi connectivity index (χ0n) is 26.1. The molecule has 240 valence electrons. The molecule has 4 heterocycles. The quantitative estimate of drug-likeness (QED) is 0.340. The maximum Gasteiger partial charge on any atom is 0.190 e. The van der Waals surface area contributed by atoms with Crippen molar-refractivity contribution in [1.82, 2.24) is 0 Å². The Kier molecular flexibility index (Phi) is 9.54. The van der Waals surface area contributed by atoms with Crippen LogP contribution in [-0.4, -0.2) is 79.8 Å². The molecule has 10 nitrogen and oxygen atoms in total. The summed E-state index contributed by atoms with van der Waals surface area (Å²) in [7, 11) is 0. The molecule has 4 aliphatic heterocycles. The van der Waals surface area contributed by atoms with Crippen LogP contribution in [-0.2, 0) is 60.6 Å². The molecule has 6 rings (SSSR count). The zero-order chi connectivity index (χ0) is 30.9. The number of rotatable bonds is 12. The molecule has 44 heavy (non-hydrogen) atoms. The minimum atomic E-state index is -0.819. The van der Waals surface area contributed by atoms with Crippen LogP contribution in [0.2, 0.25) is 0 Å². The maximum atomic E-state index is 12.5. The molecule has 0 unspecified atom stereocenters. The maximum absolute atomic E-state index is 12.5. The normalized spacial score (nSPS) is 35.3. The number of hydrogen-bond donors (Lipinski definition) is 0. The molecule has 0 amide bonds. The van der Waals surface area contributed by atoms with E-state index >= 15 is 0 Å². The van der Waals surface area contributed by atoms with Gasteiger partial charge in [-0.15, -0.1) is 0 Å². The number of ether oxygens (including phenoxy) is 9. The van der Waals surface area contributed by atoms with Crippen LogP contribution in [0, 0.1) is 5.92 Å². The van der Waals surface area contributed by atoms with E-state index in [1.165, 1.54) is 0 Å². The number of carbonyl (C=O) groups is 1. The lowest BCUT2D eigenvalue weighted by Crippen LogP contribution is -2.56. The summed E-state index contributed by atoms with van der Waals surface area (Å²) in [5, 5.41) is 0. The molecule has 0 bridgehead atoms. The Bertz CT molecular complexity index is 1240. The average molecular weight is 613 g/mol. The number of hydrogen-bond acceptors (Lipinski definition) is 10. The Morgan fingerprint density at radius 3 is 2.00 bits per heavy atom. The number of fused-ring (bicyclic) bond motifs is 3. The predicted octanol–water partition coefficient (Wildman–Crippen LogP) is 4.52. The molecule has 0 saturated carbocycles. The summed E-state index contributed by atoms with van der Waals surface area (Å²) in [6, 6.07) is 19.9. The highest BCUT2D eigenvalue weighted by Gasteiger charge is 2.61. The average Bonchev–Trinajstić information content (AvgIpc) is 3.60. The fourth-order valence-corrected chi connectivity index (χ4v) is 6.50. The fourth-order valence-electron chi connectivity index (χ4n) is 6.50. The van der Waals surface area contributed by atoms with E-state index in [0.717, 1.165) is 11.1 Å². The molecule has 2 aromatic rings. The largest absolute Gasteiger partial charge is 0.374 e. The smallest absolute Gasteiger partial charge is 0.190 e. The van der Waals surface area contributed by atoms with Crippen molar-refractivity contribution in [3.05, 3.63) is 71.8 Å². The first-order valence-electron chi connectivity index (χ1n) is 15.5. The second-order valence-electron chi connectivity index (χ2n) is 12.9. The van der Waals surface area contributed by atoms with Gasteiger partial charge in [-0.1, -0.05) is 60.7 Å². The van der Waals surface area contributed by atoms with Gasteiger partial charge in [0.2, 0.25) is 0 Å². The van der Waals surface area contributed by atoms with Gasteiger partial charge in [0.15, 0.2) is 24.2 Å². The summed E-state index contributed by atoms with van der Waals surface area (Å²) in [4.78, 5) is 12.5. The Morgan fingerprint density at radius 1 is 0.705 bits per heavy atom. The Morgan fingerprint density at radius 2 is 1.32 bits per heavy atom. The van der Waals surface area contributed by atoms with Crippen LogP contribution in [0.4, 0.5) is 0 Å². The molecule has 4 fully saturated rings. The monoisotopic (exact) mass is 612 g/mol. The third-order valence-corrected chi connectivity index (χ3v) is 8.32. The molecule has 9 atom stereocenters. The minimum absolute atomic E-state index is 0.0243. The van der Waals surface area contributed by atoms with Gasteiger partial charge in [0.25, 0.3) is 0 Å². The molecule has 0 aromatic heterocycles. The topological polar surface area (TPSA) is 100 Å². The summed E-state index contributed by atoms with van der Waals surface area (Å²) in [6.07, 6.45) is -3.76. The van der Waals surface area contributed by atoms with Crippen molar-refractivity contribution >= 4 is 5.78 Å². The standard InChI is InChI=1S/C34H44O10/c1-21(35)16-24-27(37-18-23-14-10-7-11-15-23)25(19-36-17-22-12-8-6-9-13-22)39-31(24)38-20-26-28-29(42-33(2,3)41-28)30-32(40-26)44-34(4,5)43-30/h6-15,24-32H,16-20H2,1-5H3/t24-,25+,26+,27+,28-,29-,30+,31-,32+/m0/s1. The molecule has 2 aromatic carbocycles. The van der Waals surface area contributed by atoms with Crippen LogP contribution in [0.3, 0.4) is 0 Å². The van der Waals surface area contributed by atoms with Gasteiger partial charge in [-0.05, 0) is 45.7 Å². The van der Waals surface area contributed by atoms with Crippen LogP contribution >= 0.6 is 0 Å². The highest BCUT2D eigenvalue weighted by molar-refractivity contribution is 5.75. The van der Waals surface area contributed by atoms with Gasteiger partial charge in [0.1, 0.15) is 36.3 Å². The first kappa shape index (κ1) is 31.7. The molecule has 0 N–H and O–H groups in total. The van der Waals surface area contributed by atoms with Crippen molar-refractivity contribution in [1.29, 1.82) is 0 Å². The minimum Gasteiger partial charge on any atom is -0.374 e. The van der Waals surface area contributed by atoms with Gasteiger partial charge in [-0.2, -0.15) is 0 Å². The lowest BCUT2D eigenvalue weighted by molar-refractivity contribution is -0.258. The lowest BCUT2D eigenvalue weighted by Gasteiger charge is -2.37. The molecule has 0 radical (unpaired) electrons. The van der Waals surface area contributed by atoms with E-state index in [4.69, 9.17) is 42.6 Å². The number of Topliss-reactive ketones (excluding diaryl/α,β-unsaturated/α-hetero) is 1. The van der Waals surface area contributed by atoms with Gasteiger partial charge in [0, 0.05) is 12.3 Å². The van der Waals surface area contributed by atoms with Crippen LogP contribution in [0.15, 0.2) is 60.7 Å². The first-order valence-corrected chi connectivity index (χ1v) is 15.5. The van der Waals surface area contributed by atoms with Crippen molar-refractivity contribution in [3.63, 3.8) is 0 Å². The van der Waals surface area contributed by atoms with Crippen LogP contribution in [0.1, 0.15) is 52.2 Å². The second kappa shape index (κ2) is 13.2. The van der Waals surface area contributed by atoms with Crippen LogP contribution in [0.25, 0.3) is 0 Å². The molecule has 0 spiro atoms. The van der Waals surface area contributed by atoms with E-state index in [0.29, 0.717) is 13.2 Å². The van der Waals surface area contributed by atoms with Gasteiger partial charge < -0.3 is 47.4 Å². The van der Waals surface area contributed by atoms with E-state index in [1.807, 2.05) is 88.4 Å². The van der Waals surface area contributed by atoms with E-state index in [1.54, 1.807) is 6.92 Å². The summed E-state index contributed by atoms with van der Waals surface area (Å²) in [6.45, 7) is 10.2. The Hall–Kier alpha value is -2.25. The SMILES string of the molecule is CC(=O)C[C@@H]1[C@@H](OC[C@H]2O[C@@H]3OC(C)(C)O[C@@H]3[C@H]3OC(C)(C)O[C@H]32)O[C@H](COCc2ccccc2)[C@@H]1OCc1ccccc1. The number of benzene rings is 2. The van der Waals surface area contributed by atoms with E-state index < -0.39 is 60.8 Å². The van der Waals surface area contributed by atoms with E-state index in [9.17, 15) is 4.79 Å². The first-order chi connectivity index (χ1) is 21.1. The van der Waals surface area contributed by atoms with Gasteiger partial charge in [-0.3, -0.25) is 0 Å².